The van der Waals surface area contributed by atoms with Crippen molar-refractivity contribution in [1.82, 2.24) is 14.5 Å². The van der Waals surface area contributed by atoms with Gasteiger partial charge in [-0.05, 0) is 56.6 Å². The normalized spacial score (nSPS) is 31.0. The van der Waals surface area contributed by atoms with Gasteiger partial charge in [-0.1, -0.05) is 12.1 Å². The lowest BCUT2D eigenvalue weighted by Crippen LogP contribution is -2.40. The molecule has 1 aromatic carbocycles. The molecule has 5 nitrogen and oxygen atoms in total. The fourth-order valence-electron chi connectivity index (χ4n) is 5.64. The standard InChI is InChI=1S/C23H30FN3O2/c1-16-25-8-9-27(16)21-12-17-14-26(19-6-10-28-11-7-19)15-18(17)13-23(21)29-22-5-3-2-4-20(22)24/h2-5,8-9,17-19,21,23H,6-7,10-15H2,1H3/t17-,18+,21-,23-/m0/s1. The van der Waals surface area contributed by atoms with Crippen LogP contribution in [0.1, 0.15) is 37.5 Å². The molecule has 4 atom stereocenters. The molecule has 5 rings (SSSR count). The maximum Gasteiger partial charge on any atom is 0.165 e. The summed E-state index contributed by atoms with van der Waals surface area (Å²) in [4.78, 5) is 7.12. The third-order valence-corrected chi connectivity index (χ3v) is 7.15. The number of aryl methyl sites for hydroxylation is 1. The number of aromatic nitrogens is 2. The number of imidazole rings is 1. The van der Waals surface area contributed by atoms with Crippen LogP contribution in [0, 0.1) is 24.6 Å². The summed E-state index contributed by atoms with van der Waals surface area (Å²) in [6.45, 7) is 6.09. The monoisotopic (exact) mass is 399 g/mol. The molecule has 0 amide bonds. The second-order valence-corrected chi connectivity index (χ2v) is 8.82. The average molecular weight is 400 g/mol. The molecule has 1 saturated carbocycles. The Balaban J connectivity index is 1.37. The first-order valence-electron chi connectivity index (χ1n) is 10.9. The molecule has 0 N–H and O–H groups in total. The van der Waals surface area contributed by atoms with E-state index in [1.165, 1.54) is 6.07 Å². The van der Waals surface area contributed by atoms with E-state index in [-0.39, 0.29) is 18.0 Å². The van der Waals surface area contributed by atoms with Gasteiger partial charge in [-0.15, -0.1) is 0 Å². The fourth-order valence-corrected chi connectivity index (χ4v) is 5.64. The van der Waals surface area contributed by atoms with Crippen LogP contribution in [0.4, 0.5) is 4.39 Å². The van der Waals surface area contributed by atoms with Crippen LogP contribution in [-0.4, -0.2) is 52.9 Å². The van der Waals surface area contributed by atoms with Crippen molar-refractivity contribution < 1.29 is 13.9 Å². The number of ether oxygens (including phenoxy) is 2. The van der Waals surface area contributed by atoms with Gasteiger partial charge in [0.15, 0.2) is 11.6 Å². The molecular weight excluding hydrogens is 369 g/mol. The zero-order valence-electron chi connectivity index (χ0n) is 17.0. The maximum absolute atomic E-state index is 14.3. The molecule has 29 heavy (non-hydrogen) atoms. The predicted octanol–water partition coefficient (Wildman–Crippen LogP) is 3.84. The quantitative estimate of drug-likeness (QED) is 0.783. The van der Waals surface area contributed by atoms with Gasteiger partial charge in [0.05, 0.1) is 6.04 Å². The summed E-state index contributed by atoms with van der Waals surface area (Å²) in [5.41, 5.74) is 0. The Kier molecular flexibility index (Phi) is 5.31. The van der Waals surface area contributed by atoms with Crippen molar-refractivity contribution in [3.63, 3.8) is 0 Å². The summed E-state index contributed by atoms with van der Waals surface area (Å²) < 4.78 is 28.4. The highest BCUT2D eigenvalue weighted by Crippen LogP contribution is 2.44. The van der Waals surface area contributed by atoms with Crippen molar-refractivity contribution in [1.29, 1.82) is 0 Å². The van der Waals surface area contributed by atoms with Gasteiger partial charge in [0.1, 0.15) is 11.9 Å². The van der Waals surface area contributed by atoms with Crippen LogP contribution in [0.15, 0.2) is 36.7 Å². The molecule has 0 unspecified atom stereocenters. The van der Waals surface area contributed by atoms with Crippen molar-refractivity contribution in [3.05, 3.63) is 48.3 Å². The number of hydrogen-bond donors (Lipinski definition) is 0. The molecule has 3 fully saturated rings. The molecule has 0 spiro atoms. The predicted molar refractivity (Wildman–Crippen MR) is 108 cm³/mol. The van der Waals surface area contributed by atoms with E-state index in [0.29, 0.717) is 23.6 Å². The Morgan fingerprint density at radius 2 is 1.86 bits per heavy atom. The zero-order valence-corrected chi connectivity index (χ0v) is 17.0. The Hall–Kier alpha value is -1.92. The molecule has 2 saturated heterocycles. The van der Waals surface area contributed by atoms with Gasteiger partial charge < -0.3 is 14.0 Å². The van der Waals surface area contributed by atoms with Crippen molar-refractivity contribution >= 4 is 0 Å². The lowest BCUT2D eigenvalue weighted by molar-refractivity contribution is 0.0401. The maximum atomic E-state index is 14.3. The topological polar surface area (TPSA) is 39.5 Å². The van der Waals surface area contributed by atoms with Crippen molar-refractivity contribution in [2.24, 2.45) is 11.8 Å². The molecule has 156 valence electrons. The number of likely N-dealkylation sites (tertiary alicyclic amines) is 1. The summed E-state index contributed by atoms with van der Waals surface area (Å²) in [5.74, 6) is 2.33. The highest BCUT2D eigenvalue weighted by Gasteiger charge is 2.45. The fraction of sp³-hybridized carbons (Fsp3) is 0.609. The van der Waals surface area contributed by atoms with Crippen LogP contribution in [0.25, 0.3) is 0 Å². The minimum atomic E-state index is -0.286. The van der Waals surface area contributed by atoms with Gasteiger partial charge in [0, 0.05) is 44.7 Å². The van der Waals surface area contributed by atoms with E-state index in [2.05, 4.69) is 14.5 Å². The van der Waals surface area contributed by atoms with Crippen molar-refractivity contribution in [3.8, 4) is 5.75 Å². The van der Waals surface area contributed by atoms with Crippen LogP contribution in [0.3, 0.4) is 0 Å². The third-order valence-electron chi connectivity index (χ3n) is 7.15. The van der Waals surface area contributed by atoms with E-state index in [4.69, 9.17) is 9.47 Å². The molecule has 2 aromatic rings. The Morgan fingerprint density at radius 3 is 2.59 bits per heavy atom. The largest absolute Gasteiger partial charge is 0.485 e. The van der Waals surface area contributed by atoms with Crippen molar-refractivity contribution in [2.45, 2.75) is 50.8 Å². The summed E-state index contributed by atoms with van der Waals surface area (Å²) in [6.07, 6.45) is 8.14. The van der Waals surface area contributed by atoms with E-state index < -0.39 is 0 Å². The van der Waals surface area contributed by atoms with Gasteiger partial charge in [-0.3, -0.25) is 4.90 Å². The summed E-state index contributed by atoms with van der Waals surface area (Å²) in [7, 11) is 0. The minimum absolute atomic E-state index is 0.0457. The Morgan fingerprint density at radius 1 is 1.10 bits per heavy atom. The number of nitrogens with zero attached hydrogens (tertiary/aromatic N) is 3. The van der Waals surface area contributed by atoms with Crippen molar-refractivity contribution in [2.75, 3.05) is 26.3 Å². The molecule has 0 bridgehead atoms. The van der Waals surface area contributed by atoms with Crippen LogP contribution in [-0.2, 0) is 4.74 Å². The Labute approximate surface area is 171 Å². The lowest BCUT2D eigenvalue weighted by Gasteiger charge is -2.39. The molecule has 1 aromatic heterocycles. The number of para-hydroxylation sites is 1. The number of halogens is 1. The lowest BCUT2D eigenvalue weighted by atomic mass is 9.77. The molecule has 6 heteroatoms. The highest BCUT2D eigenvalue weighted by atomic mass is 19.1. The SMILES string of the molecule is Cc1nccn1[C@H]1C[C@H]2CN(C3CCOCC3)C[C@H]2C[C@@H]1Oc1ccccc1F. The number of benzene rings is 1. The average Bonchev–Trinajstić information content (AvgIpc) is 3.35. The highest BCUT2D eigenvalue weighted by molar-refractivity contribution is 5.24. The zero-order chi connectivity index (χ0) is 19.8. The van der Waals surface area contributed by atoms with Crippen LogP contribution in [0.2, 0.25) is 0 Å². The second-order valence-electron chi connectivity index (χ2n) is 8.82. The van der Waals surface area contributed by atoms with E-state index in [1.54, 1.807) is 12.1 Å². The van der Waals surface area contributed by atoms with Gasteiger partial charge in [-0.25, -0.2) is 9.37 Å². The van der Waals surface area contributed by atoms with E-state index >= 15 is 0 Å². The van der Waals surface area contributed by atoms with Crippen LogP contribution in [0.5, 0.6) is 5.75 Å². The summed E-state index contributed by atoms with van der Waals surface area (Å²) in [6, 6.07) is 7.59. The molecule has 2 aliphatic heterocycles. The summed E-state index contributed by atoms with van der Waals surface area (Å²) >= 11 is 0. The smallest absolute Gasteiger partial charge is 0.165 e. The number of rotatable bonds is 4. The molecule has 3 heterocycles. The van der Waals surface area contributed by atoms with Crippen LogP contribution >= 0.6 is 0 Å². The first-order valence-corrected chi connectivity index (χ1v) is 10.9. The second kappa shape index (κ2) is 8.07. The number of fused-ring (bicyclic) bond motifs is 1. The molecule has 3 aliphatic rings. The minimum Gasteiger partial charge on any atom is -0.485 e. The van der Waals surface area contributed by atoms with Gasteiger partial charge in [0.2, 0.25) is 0 Å². The van der Waals surface area contributed by atoms with E-state index in [0.717, 1.165) is 57.8 Å². The van der Waals surface area contributed by atoms with E-state index in [9.17, 15) is 4.39 Å². The Bertz CT molecular complexity index is 835. The first-order chi connectivity index (χ1) is 14.2. The molecule has 1 aliphatic carbocycles. The third kappa shape index (κ3) is 3.80. The number of hydrogen-bond acceptors (Lipinski definition) is 4. The van der Waals surface area contributed by atoms with Gasteiger partial charge >= 0.3 is 0 Å². The summed E-state index contributed by atoms with van der Waals surface area (Å²) in [5, 5.41) is 0. The van der Waals surface area contributed by atoms with Gasteiger partial charge in [-0.2, -0.15) is 0 Å². The molecule has 0 radical (unpaired) electrons. The molecular formula is C23H30FN3O2. The first kappa shape index (κ1) is 19.1. The van der Waals surface area contributed by atoms with Crippen LogP contribution < -0.4 is 4.74 Å². The van der Waals surface area contributed by atoms with E-state index in [1.807, 2.05) is 25.4 Å². The van der Waals surface area contributed by atoms with Gasteiger partial charge in [0.25, 0.3) is 0 Å².